The Kier molecular flexibility index (Phi) is 5.68. The number of hydrogen-bond acceptors (Lipinski definition) is 6. The van der Waals surface area contributed by atoms with Crippen LogP contribution in [0.25, 0.3) is 0 Å². The highest BCUT2D eigenvalue weighted by molar-refractivity contribution is 5.92. The van der Waals surface area contributed by atoms with Crippen molar-refractivity contribution in [3.05, 3.63) is 72.2 Å². The summed E-state index contributed by atoms with van der Waals surface area (Å²) in [6.07, 6.45) is 3.37. The van der Waals surface area contributed by atoms with Crippen molar-refractivity contribution >= 4 is 29.0 Å². The van der Waals surface area contributed by atoms with Crippen molar-refractivity contribution in [1.29, 1.82) is 0 Å². The molecule has 0 aliphatic carbocycles. The van der Waals surface area contributed by atoms with Gasteiger partial charge in [-0.1, -0.05) is 6.07 Å². The van der Waals surface area contributed by atoms with Crippen molar-refractivity contribution in [3.8, 4) is 0 Å². The largest absolute Gasteiger partial charge is 0.347 e. The third-order valence-electron chi connectivity index (χ3n) is 3.55. The van der Waals surface area contributed by atoms with Gasteiger partial charge in [-0.25, -0.2) is 0 Å². The lowest BCUT2D eigenvalue weighted by atomic mass is 10.2. The van der Waals surface area contributed by atoms with Crippen LogP contribution in [0, 0.1) is 0 Å². The number of aromatic nitrogens is 3. The molecule has 0 aliphatic heterocycles. The summed E-state index contributed by atoms with van der Waals surface area (Å²) in [7, 11) is 0. The van der Waals surface area contributed by atoms with Crippen molar-refractivity contribution in [2.45, 2.75) is 13.5 Å². The minimum atomic E-state index is -0.308. The maximum absolute atomic E-state index is 12.1. The molecule has 3 aromatic rings. The molecule has 8 nitrogen and oxygen atoms in total. The monoisotopic (exact) mass is 362 g/mol. The van der Waals surface area contributed by atoms with Crippen molar-refractivity contribution in [1.82, 2.24) is 20.5 Å². The van der Waals surface area contributed by atoms with Crippen molar-refractivity contribution in [2.75, 3.05) is 10.6 Å². The molecule has 136 valence electrons. The van der Waals surface area contributed by atoms with Crippen LogP contribution in [0.1, 0.15) is 23.0 Å². The number of nitrogens with zero attached hydrogens (tertiary/aromatic N) is 3. The molecule has 0 atom stereocenters. The quantitative estimate of drug-likeness (QED) is 0.622. The number of carbonyl (C=O) groups excluding carboxylic acids is 2. The highest BCUT2D eigenvalue weighted by atomic mass is 16.2. The number of rotatable bonds is 6. The third-order valence-corrected chi connectivity index (χ3v) is 3.55. The second-order valence-electron chi connectivity index (χ2n) is 5.73. The van der Waals surface area contributed by atoms with Gasteiger partial charge in [0, 0.05) is 37.2 Å². The summed E-state index contributed by atoms with van der Waals surface area (Å²) in [6, 6.07) is 14.1. The smallest absolute Gasteiger partial charge is 0.272 e. The summed E-state index contributed by atoms with van der Waals surface area (Å²) < 4.78 is 0. The fraction of sp³-hybridized carbons (Fsp3) is 0.105. The predicted octanol–water partition coefficient (Wildman–Crippen LogP) is 2.50. The SMILES string of the molecule is CC(=O)Nc1ccc(Nc2ccc(C(=O)NCc3cccnc3)nn2)cc1. The first-order valence-electron chi connectivity index (χ1n) is 8.26. The zero-order valence-corrected chi connectivity index (χ0v) is 14.6. The summed E-state index contributed by atoms with van der Waals surface area (Å²) in [5.41, 5.74) is 2.62. The lowest BCUT2D eigenvalue weighted by Crippen LogP contribution is -2.24. The highest BCUT2D eigenvalue weighted by Crippen LogP contribution is 2.17. The standard InChI is InChI=1S/C19H18N6O2/c1-13(26)22-15-4-6-16(7-5-15)23-18-9-8-17(24-25-18)19(27)21-12-14-3-2-10-20-11-14/h2-11H,12H2,1H3,(H,21,27)(H,22,26)(H,23,25). The molecule has 3 N–H and O–H groups in total. The number of nitrogens with one attached hydrogen (secondary N) is 3. The van der Waals surface area contributed by atoms with Gasteiger partial charge < -0.3 is 16.0 Å². The predicted molar refractivity (Wildman–Crippen MR) is 101 cm³/mol. The number of pyridine rings is 1. The van der Waals surface area contributed by atoms with E-state index in [1.165, 1.54) is 6.92 Å². The maximum atomic E-state index is 12.1. The highest BCUT2D eigenvalue weighted by Gasteiger charge is 2.08. The van der Waals surface area contributed by atoms with Gasteiger partial charge in [-0.15, -0.1) is 10.2 Å². The molecule has 0 radical (unpaired) electrons. The number of anilines is 3. The Labute approximate surface area is 156 Å². The van der Waals surface area contributed by atoms with E-state index in [1.807, 2.05) is 24.3 Å². The van der Waals surface area contributed by atoms with Gasteiger partial charge in [0.1, 0.15) is 0 Å². The van der Waals surface area contributed by atoms with Gasteiger partial charge in [-0.3, -0.25) is 14.6 Å². The zero-order valence-electron chi connectivity index (χ0n) is 14.6. The van der Waals surface area contributed by atoms with Crippen LogP contribution in [0.5, 0.6) is 0 Å². The van der Waals surface area contributed by atoms with E-state index in [1.54, 1.807) is 36.7 Å². The topological polar surface area (TPSA) is 109 Å². The molecule has 0 saturated carbocycles. The molecular weight excluding hydrogens is 344 g/mol. The molecule has 3 rings (SSSR count). The first-order valence-corrected chi connectivity index (χ1v) is 8.26. The molecule has 2 aromatic heterocycles. The van der Waals surface area contributed by atoms with Crippen LogP contribution in [-0.4, -0.2) is 27.0 Å². The Morgan fingerprint density at radius 1 is 0.963 bits per heavy atom. The normalized spacial score (nSPS) is 10.1. The average Bonchev–Trinajstić information content (AvgIpc) is 2.69. The Hall–Kier alpha value is -3.81. The van der Waals surface area contributed by atoms with Gasteiger partial charge >= 0.3 is 0 Å². The lowest BCUT2D eigenvalue weighted by Gasteiger charge is -2.08. The first kappa shape index (κ1) is 18.0. The Bertz CT molecular complexity index is 911. The van der Waals surface area contributed by atoms with Gasteiger partial charge in [0.15, 0.2) is 11.5 Å². The molecule has 27 heavy (non-hydrogen) atoms. The van der Waals surface area contributed by atoms with Crippen LogP contribution in [0.3, 0.4) is 0 Å². The molecular formula is C19H18N6O2. The molecule has 0 aliphatic rings. The number of amides is 2. The number of benzene rings is 1. The van der Waals surface area contributed by atoms with Crippen molar-refractivity contribution < 1.29 is 9.59 Å². The lowest BCUT2D eigenvalue weighted by molar-refractivity contribution is -0.114. The van der Waals surface area contributed by atoms with Gasteiger partial charge in [0.25, 0.3) is 5.91 Å². The van der Waals surface area contributed by atoms with Crippen LogP contribution in [0.15, 0.2) is 60.9 Å². The van der Waals surface area contributed by atoms with E-state index in [4.69, 9.17) is 0 Å². The minimum absolute atomic E-state index is 0.126. The zero-order chi connectivity index (χ0) is 19.1. The Morgan fingerprint density at radius 3 is 2.37 bits per heavy atom. The van der Waals surface area contributed by atoms with Crippen molar-refractivity contribution in [2.24, 2.45) is 0 Å². The molecule has 2 amide bonds. The van der Waals surface area contributed by atoms with Gasteiger partial charge in [-0.05, 0) is 48.0 Å². The summed E-state index contributed by atoms with van der Waals surface area (Å²) in [5, 5.41) is 16.5. The molecule has 1 aromatic carbocycles. The molecule has 0 unspecified atom stereocenters. The van der Waals surface area contributed by atoms with Crippen LogP contribution in [0.2, 0.25) is 0 Å². The Morgan fingerprint density at radius 2 is 1.74 bits per heavy atom. The second-order valence-corrected chi connectivity index (χ2v) is 5.73. The van der Waals surface area contributed by atoms with Gasteiger partial charge in [0.2, 0.25) is 5.91 Å². The molecule has 0 bridgehead atoms. The van der Waals surface area contributed by atoms with E-state index in [2.05, 4.69) is 31.1 Å². The van der Waals surface area contributed by atoms with Gasteiger partial charge in [-0.2, -0.15) is 0 Å². The van der Waals surface area contributed by atoms with Gasteiger partial charge in [0.05, 0.1) is 0 Å². The van der Waals surface area contributed by atoms with E-state index in [-0.39, 0.29) is 17.5 Å². The van der Waals surface area contributed by atoms with Crippen LogP contribution >= 0.6 is 0 Å². The first-order chi connectivity index (χ1) is 13.1. The van der Waals surface area contributed by atoms with E-state index in [9.17, 15) is 9.59 Å². The molecule has 0 saturated heterocycles. The van der Waals surface area contributed by atoms with E-state index >= 15 is 0 Å². The van der Waals surface area contributed by atoms with E-state index < -0.39 is 0 Å². The third kappa shape index (κ3) is 5.33. The van der Waals surface area contributed by atoms with E-state index in [0.717, 1.165) is 11.3 Å². The molecule has 2 heterocycles. The Balaban J connectivity index is 1.56. The van der Waals surface area contributed by atoms with Crippen LogP contribution in [-0.2, 0) is 11.3 Å². The maximum Gasteiger partial charge on any atom is 0.272 e. The minimum Gasteiger partial charge on any atom is -0.347 e. The van der Waals surface area contributed by atoms with Crippen molar-refractivity contribution in [3.63, 3.8) is 0 Å². The summed E-state index contributed by atoms with van der Waals surface area (Å²) in [5.74, 6) is 0.0719. The van der Waals surface area contributed by atoms with E-state index in [0.29, 0.717) is 18.1 Å². The number of carbonyl (C=O) groups is 2. The number of hydrogen-bond donors (Lipinski definition) is 3. The molecule has 0 fully saturated rings. The average molecular weight is 362 g/mol. The van der Waals surface area contributed by atoms with Crippen LogP contribution in [0.4, 0.5) is 17.2 Å². The summed E-state index contributed by atoms with van der Waals surface area (Å²) in [6.45, 7) is 1.82. The summed E-state index contributed by atoms with van der Waals surface area (Å²) in [4.78, 5) is 27.1. The summed E-state index contributed by atoms with van der Waals surface area (Å²) >= 11 is 0. The van der Waals surface area contributed by atoms with Crippen LogP contribution < -0.4 is 16.0 Å². The molecule has 8 heteroatoms. The second kappa shape index (κ2) is 8.52. The molecule has 0 spiro atoms. The fourth-order valence-electron chi connectivity index (χ4n) is 2.28. The fourth-order valence-corrected chi connectivity index (χ4v) is 2.28.